The Bertz CT molecular complexity index is 514. The highest BCUT2D eigenvalue weighted by Crippen LogP contribution is 2.38. The molecule has 0 saturated heterocycles. The van der Waals surface area contributed by atoms with Gasteiger partial charge in [-0.25, -0.2) is 4.79 Å². The molecule has 0 unspecified atom stereocenters. The van der Waals surface area contributed by atoms with E-state index in [1.807, 2.05) is 0 Å². The van der Waals surface area contributed by atoms with Crippen LogP contribution in [0.15, 0.2) is 22.7 Å². The van der Waals surface area contributed by atoms with E-state index in [1.54, 1.807) is 0 Å². The van der Waals surface area contributed by atoms with Crippen molar-refractivity contribution in [1.29, 1.82) is 0 Å². The first-order valence-electron chi connectivity index (χ1n) is 5.40. The SMILES string of the molecule is O=C(O)C1(Nc2ccc([N+](=O)[O-])cc2Br)CCC1. The van der Waals surface area contributed by atoms with Gasteiger partial charge in [0.1, 0.15) is 5.54 Å². The van der Waals surface area contributed by atoms with Crippen molar-refractivity contribution in [2.45, 2.75) is 24.8 Å². The molecule has 0 aliphatic heterocycles. The number of rotatable bonds is 4. The van der Waals surface area contributed by atoms with Gasteiger partial charge in [-0.05, 0) is 41.3 Å². The largest absolute Gasteiger partial charge is 0.480 e. The van der Waals surface area contributed by atoms with Gasteiger partial charge in [-0.15, -0.1) is 0 Å². The van der Waals surface area contributed by atoms with Crippen LogP contribution < -0.4 is 5.32 Å². The predicted molar refractivity (Wildman–Crippen MR) is 68.6 cm³/mol. The Kier molecular flexibility index (Phi) is 3.25. The Morgan fingerprint density at radius 2 is 2.17 bits per heavy atom. The first kappa shape index (κ1) is 12.8. The van der Waals surface area contributed by atoms with E-state index in [-0.39, 0.29) is 5.69 Å². The minimum absolute atomic E-state index is 0.0367. The maximum absolute atomic E-state index is 11.2. The fraction of sp³-hybridized carbons (Fsp3) is 0.364. The van der Waals surface area contributed by atoms with Crippen molar-refractivity contribution in [2.24, 2.45) is 0 Å². The summed E-state index contributed by atoms with van der Waals surface area (Å²) in [5, 5.41) is 22.7. The lowest BCUT2D eigenvalue weighted by atomic mass is 9.76. The molecule has 0 spiro atoms. The van der Waals surface area contributed by atoms with Gasteiger partial charge >= 0.3 is 5.97 Å². The summed E-state index contributed by atoms with van der Waals surface area (Å²) in [6.07, 6.45) is 1.99. The fourth-order valence-electron chi connectivity index (χ4n) is 1.90. The number of nitrogens with one attached hydrogen (secondary N) is 1. The lowest BCUT2D eigenvalue weighted by Crippen LogP contribution is -2.52. The molecule has 1 fully saturated rings. The highest BCUT2D eigenvalue weighted by Gasteiger charge is 2.44. The van der Waals surface area contributed by atoms with Crippen LogP contribution in [-0.4, -0.2) is 21.5 Å². The van der Waals surface area contributed by atoms with Crippen LogP contribution >= 0.6 is 15.9 Å². The summed E-state index contributed by atoms with van der Waals surface area (Å²) in [6, 6.07) is 4.23. The first-order chi connectivity index (χ1) is 8.44. The maximum Gasteiger partial charge on any atom is 0.329 e. The van der Waals surface area contributed by atoms with Crippen LogP contribution in [0.1, 0.15) is 19.3 Å². The number of nitrogens with zero attached hydrogens (tertiary/aromatic N) is 1. The highest BCUT2D eigenvalue weighted by molar-refractivity contribution is 9.10. The number of carboxylic acids is 1. The fourth-order valence-corrected chi connectivity index (χ4v) is 2.37. The number of carboxylic acid groups (broad SMARTS) is 1. The van der Waals surface area contributed by atoms with Gasteiger partial charge < -0.3 is 10.4 Å². The first-order valence-corrected chi connectivity index (χ1v) is 6.19. The summed E-state index contributed by atoms with van der Waals surface area (Å²) in [6.45, 7) is 0. The van der Waals surface area contributed by atoms with E-state index in [1.165, 1.54) is 18.2 Å². The summed E-state index contributed by atoms with van der Waals surface area (Å²) in [5.41, 5.74) is -0.410. The molecule has 7 heteroatoms. The van der Waals surface area contributed by atoms with Crippen LogP contribution in [-0.2, 0) is 4.79 Å². The number of anilines is 1. The monoisotopic (exact) mass is 314 g/mol. The second-order valence-electron chi connectivity index (χ2n) is 4.29. The number of non-ortho nitro benzene ring substituents is 1. The zero-order valence-electron chi connectivity index (χ0n) is 9.35. The van der Waals surface area contributed by atoms with E-state index < -0.39 is 16.4 Å². The Hall–Kier alpha value is -1.63. The molecule has 6 nitrogen and oxygen atoms in total. The lowest BCUT2D eigenvalue weighted by molar-refractivity contribution is -0.384. The molecule has 0 radical (unpaired) electrons. The summed E-state index contributed by atoms with van der Waals surface area (Å²) in [7, 11) is 0. The van der Waals surface area contributed by atoms with E-state index in [9.17, 15) is 20.0 Å². The average Bonchev–Trinajstić information content (AvgIpc) is 2.24. The number of halogens is 1. The number of carbonyl (C=O) groups is 1. The molecule has 0 heterocycles. The topological polar surface area (TPSA) is 92.5 Å². The van der Waals surface area contributed by atoms with Crippen LogP contribution in [0.25, 0.3) is 0 Å². The van der Waals surface area contributed by atoms with Crippen LogP contribution in [0.3, 0.4) is 0 Å². The van der Waals surface area contributed by atoms with E-state index in [4.69, 9.17) is 0 Å². The van der Waals surface area contributed by atoms with Gasteiger partial charge in [-0.3, -0.25) is 10.1 Å². The van der Waals surface area contributed by atoms with Crippen LogP contribution in [0, 0.1) is 10.1 Å². The van der Waals surface area contributed by atoms with Crippen LogP contribution in [0.4, 0.5) is 11.4 Å². The number of nitro benzene ring substituents is 1. The van der Waals surface area contributed by atoms with Gasteiger partial charge in [0, 0.05) is 22.3 Å². The molecular weight excluding hydrogens is 304 g/mol. The summed E-state index contributed by atoms with van der Waals surface area (Å²) < 4.78 is 0.490. The van der Waals surface area contributed by atoms with Gasteiger partial charge in [-0.2, -0.15) is 0 Å². The predicted octanol–water partition coefficient (Wildman–Crippen LogP) is 2.78. The third-order valence-electron chi connectivity index (χ3n) is 3.15. The lowest BCUT2D eigenvalue weighted by Gasteiger charge is -2.39. The van der Waals surface area contributed by atoms with Gasteiger partial charge in [0.15, 0.2) is 0 Å². The number of hydrogen-bond acceptors (Lipinski definition) is 4. The molecular formula is C11H11BrN2O4. The van der Waals surface area contributed by atoms with Crippen LogP contribution in [0.5, 0.6) is 0 Å². The van der Waals surface area contributed by atoms with Crippen molar-refractivity contribution >= 4 is 33.3 Å². The highest BCUT2D eigenvalue weighted by atomic mass is 79.9. The summed E-state index contributed by atoms with van der Waals surface area (Å²) in [5.74, 6) is -0.890. The number of benzene rings is 1. The zero-order chi connectivity index (χ0) is 13.3. The number of aliphatic carboxylic acids is 1. The molecule has 0 amide bonds. The van der Waals surface area contributed by atoms with Crippen molar-refractivity contribution in [2.75, 3.05) is 5.32 Å². The molecule has 1 aromatic rings. The molecule has 2 rings (SSSR count). The summed E-state index contributed by atoms with van der Waals surface area (Å²) in [4.78, 5) is 21.3. The molecule has 1 aliphatic rings. The van der Waals surface area contributed by atoms with Crippen molar-refractivity contribution < 1.29 is 14.8 Å². The van der Waals surface area contributed by atoms with Gasteiger partial charge in [0.2, 0.25) is 0 Å². The van der Waals surface area contributed by atoms with Crippen molar-refractivity contribution in [3.8, 4) is 0 Å². The Labute approximate surface area is 111 Å². The van der Waals surface area contributed by atoms with Gasteiger partial charge in [0.25, 0.3) is 5.69 Å². The second-order valence-corrected chi connectivity index (χ2v) is 5.14. The minimum atomic E-state index is -0.932. The third kappa shape index (κ3) is 2.17. The van der Waals surface area contributed by atoms with Crippen LogP contribution in [0.2, 0.25) is 0 Å². The Balaban J connectivity index is 2.24. The van der Waals surface area contributed by atoms with E-state index in [2.05, 4.69) is 21.2 Å². The minimum Gasteiger partial charge on any atom is -0.480 e. The molecule has 0 aromatic heterocycles. The van der Waals surface area contributed by atoms with E-state index >= 15 is 0 Å². The van der Waals surface area contributed by atoms with Crippen molar-refractivity contribution in [1.82, 2.24) is 0 Å². The Morgan fingerprint density at radius 3 is 2.56 bits per heavy atom. The molecule has 18 heavy (non-hydrogen) atoms. The van der Waals surface area contributed by atoms with Crippen molar-refractivity contribution in [3.05, 3.63) is 32.8 Å². The van der Waals surface area contributed by atoms with E-state index in [0.717, 1.165) is 6.42 Å². The molecule has 1 aromatic carbocycles. The van der Waals surface area contributed by atoms with E-state index in [0.29, 0.717) is 23.0 Å². The molecule has 96 valence electrons. The smallest absolute Gasteiger partial charge is 0.329 e. The maximum atomic E-state index is 11.2. The van der Waals surface area contributed by atoms with Gasteiger partial charge in [0.05, 0.1) is 4.92 Å². The van der Waals surface area contributed by atoms with Gasteiger partial charge in [-0.1, -0.05) is 0 Å². The molecule has 2 N–H and O–H groups in total. The number of nitro groups is 1. The summed E-state index contributed by atoms with van der Waals surface area (Å²) >= 11 is 3.21. The second kappa shape index (κ2) is 4.56. The van der Waals surface area contributed by atoms with Crippen molar-refractivity contribution in [3.63, 3.8) is 0 Å². The molecule has 1 saturated carbocycles. The normalized spacial score (nSPS) is 16.7. The molecule has 1 aliphatic carbocycles. The number of hydrogen-bond donors (Lipinski definition) is 2. The standard InChI is InChI=1S/C11H11BrN2O4/c12-8-6-7(14(17)18)2-3-9(8)13-11(10(15)16)4-1-5-11/h2-3,6,13H,1,4-5H2,(H,15,16). The quantitative estimate of drug-likeness (QED) is 0.658. The Morgan fingerprint density at radius 1 is 1.50 bits per heavy atom. The molecule has 0 bridgehead atoms. The zero-order valence-corrected chi connectivity index (χ0v) is 10.9. The third-order valence-corrected chi connectivity index (χ3v) is 3.81. The molecule has 0 atom stereocenters. The average molecular weight is 315 g/mol.